The molecule has 1 aromatic carbocycles. The van der Waals surface area contributed by atoms with E-state index in [2.05, 4.69) is 0 Å². The second-order valence-electron chi connectivity index (χ2n) is 2.51. The SMILES string of the molecule is N#CCCOc1ccc(C#N)c(F)c1. The third-order valence-electron chi connectivity index (χ3n) is 1.54. The highest BCUT2D eigenvalue weighted by molar-refractivity contribution is 5.36. The van der Waals surface area contributed by atoms with Gasteiger partial charge in [0.2, 0.25) is 0 Å². The average Bonchev–Trinajstić information content (AvgIpc) is 2.18. The van der Waals surface area contributed by atoms with E-state index in [1.165, 1.54) is 12.1 Å². The van der Waals surface area contributed by atoms with Gasteiger partial charge in [0.15, 0.2) is 0 Å². The molecule has 0 bridgehead atoms. The first-order chi connectivity index (χ1) is 6.77. The Balaban J connectivity index is 2.69. The first-order valence-corrected chi connectivity index (χ1v) is 3.97. The monoisotopic (exact) mass is 190 g/mol. The van der Waals surface area contributed by atoms with Crippen LogP contribution in [0.2, 0.25) is 0 Å². The maximum atomic E-state index is 13.0. The minimum Gasteiger partial charge on any atom is -0.492 e. The van der Waals surface area contributed by atoms with Crippen LogP contribution in [0.5, 0.6) is 5.75 Å². The zero-order chi connectivity index (χ0) is 10.4. The normalized spacial score (nSPS) is 8.79. The van der Waals surface area contributed by atoms with Gasteiger partial charge in [-0.3, -0.25) is 0 Å². The van der Waals surface area contributed by atoms with Gasteiger partial charge in [-0.25, -0.2) is 4.39 Å². The van der Waals surface area contributed by atoms with E-state index in [1.54, 1.807) is 6.07 Å². The summed E-state index contributed by atoms with van der Waals surface area (Å²) in [6, 6.07) is 7.59. The summed E-state index contributed by atoms with van der Waals surface area (Å²) in [5.74, 6) is -0.279. The maximum Gasteiger partial charge on any atom is 0.144 e. The van der Waals surface area contributed by atoms with Crippen LogP contribution >= 0.6 is 0 Å². The second-order valence-corrected chi connectivity index (χ2v) is 2.51. The van der Waals surface area contributed by atoms with Crippen molar-refractivity contribution in [1.82, 2.24) is 0 Å². The standard InChI is InChI=1S/C10H7FN2O/c11-10-6-9(14-5-1-4-12)3-2-8(10)7-13/h2-3,6H,1,5H2. The van der Waals surface area contributed by atoms with E-state index in [0.29, 0.717) is 5.75 Å². The topological polar surface area (TPSA) is 56.8 Å². The fourth-order valence-corrected chi connectivity index (χ4v) is 0.891. The first-order valence-electron chi connectivity index (χ1n) is 3.97. The van der Waals surface area contributed by atoms with Crippen LogP contribution in [0.4, 0.5) is 4.39 Å². The Labute approximate surface area is 81.0 Å². The van der Waals surface area contributed by atoms with Crippen molar-refractivity contribution in [1.29, 1.82) is 10.5 Å². The van der Waals surface area contributed by atoms with Gasteiger partial charge >= 0.3 is 0 Å². The van der Waals surface area contributed by atoms with Gasteiger partial charge in [-0.15, -0.1) is 0 Å². The Kier molecular flexibility index (Phi) is 3.46. The van der Waals surface area contributed by atoms with Crippen molar-refractivity contribution in [2.45, 2.75) is 6.42 Å². The summed E-state index contributed by atoms with van der Waals surface area (Å²) >= 11 is 0. The molecule has 0 N–H and O–H groups in total. The smallest absolute Gasteiger partial charge is 0.144 e. The Morgan fingerprint density at radius 1 is 1.36 bits per heavy atom. The molecule has 0 spiro atoms. The summed E-state index contributed by atoms with van der Waals surface area (Å²) in [6.07, 6.45) is 0.252. The number of rotatable bonds is 3. The maximum absolute atomic E-state index is 13.0. The van der Waals surface area contributed by atoms with Gasteiger partial charge in [0, 0.05) is 6.07 Å². The van der Waals surface area contributed by atoms with Crippen LogP contribution in [0, 0.1) is 28.5 Å². The highest BCUT2D eigenvalue weighted by atomic mass is 19.1. The fourth-order valence-electron chi connectivity index (χ4n) is 0.891. The Hall–Kier alpha value is -2.07. The molecule has 0 aliphatic carbocycles. The fraction of sp³-hybridized carbons (Fsp3) is 0.200. The van der Waals surface area contributed by atoms with Gasteiger partial charge < -0.3 is 4.74 Å². The highest BCUT2D eigenvalue weighted by Gasteiger charge is 2.02. The molecule has 0 heterocycles. The zero-order valence-corrected chi connectivity index (χ0v) is 7.33. The molecule has 0 radical (unpaired) electrons. The Morgan fingerprint density at radius 3 is 2.71 bits per heavy atom. The van der Waals surface area contributed by atoms with E-state index in [0.717, 1.165) is 6.07 Å². The van der Waals surface area contributed by atoms with Crippen LogP contribution in [-0.4, -0.2) is 6.61 Å². The molecule has 1 aromatic rings. The van der Waals surface area contributed by atoms with E-state index < -0.39 is 5.82 Å². The summed E-state index contributed by atoms with van der Waals surface area (Å²) in [7, 11) is 0. The molecule has 3 nitrogen and oxygen atoms in total. The molecule has 0 aliphatic heterocycles. The van der Waals surface area contributed by atoms with Crippen LogP contribution in [-0.2, 0) is 0 Å². The minimum absolute atomic E-state index is 0.0161. The number of nitriles is 2. The Morgan fingerprint density at radius 2 is 2.14 bits per heavy atom. The average molecular weight is 190 g/mol. The third kappa shape index (κ3) is 2.46. The molecule has 4 heteroatoms. The second kappa shape index (κ2) is 4.84. The quantitative estimate of drug-likeness (QED) is 0.685. The molecule has 0 saturated heterocycles. The van der Waals surface area contributed by atoms with Crippen LogP contribution in [0.3, 0.4) is 0 Å². The van der Waals surface area contributed by atoms with Gasteiger partial charge in [-0.05, 0) is 12.1 Å². The largest absolute Gasteiger partial charge is 0.492 e. The van der Waals surface area contributed by atoms with Gasteiger partial charge in [-0.2, -0.15) is 10.5 Å². The lowest BCUT2D eigenvalue weighted by atomic mass is 10.2. The molecule has 0 unspecified atom stereocenters. The van der Waals surface area contributed by atoms with Crippen LogP contribution in [0.15, 0.2) is 18.2 Å². The van der Waals surface area contributed by atoms with Crippen LogP contribution < -0.4 is 4.74 Å². The number of hydrogen-bond donors (Lipinski definition) is 0. The van der Waals surface area contributed by atoms with Crippen molar-refractivity contribution >= 4 is 0 Å². The molecule has 0 aromatic heterocycles. The van der Waals surface area contributed by atoms with Crippen molar-refractivity contribution in [2.24, 2.45) is 0 Å². The third-order valence-corrected chi connectivity index (χ3v) is 1.54. The van der Waals surface area contributed by atoms with Gasteiger partial charge in [0.25, 0.3) is 0 Å². The van der Waals surface area contributed by atoms with Gasteiger partial charge in [0.05, 0.1) is 18.1 Å². The molecular formula is C10H7FN2O. The highest BCUT2D eigenvalue weighted by Crippen LogP contribution is 2.15. The summed E-state index contributed by atoms with van der Waals surface area (Å²) in [5.41, 5.74) is -0.0161. The zero-order valence-electron chi connectivity index (χ0n) is 7.33. The number of benzene rings is 1. The van der Waals surface area contributed by atoms with E-state index in [-0.39, 0.29) is 18.6 Å². The molecule has 0 aliphatic rings. The van der Waals surface area contributed by atoms with E-state index >= 15 is 0 Å². The van der Waals surface area contributed by atoms with Crippen molar-refractivity contribution in [3.8, 4) is 17.9 Å². The van der Waals surface area contributed by atoms with Crippen molar-refractivity contribution in [3.63, 3.8) is 0 Å². The Bertz CT molecular complexity index is 404. The first kappa shape index (κ1) is 10.0. The van der Waals surface area contributed by atoms with E-state index in [1.807, 2.05) is 6.07 Å². The lowest BCUT2D eigenvalue weighted by Gasteiger charge is -2.03. The minimum atomic E-state index is -0.609. The summed E-state index contributed by atoms with van der Waals surface area (Å²) in [4.78, 5) is 0. The van der Waals surface area contributed by atoms with Crippen molar-refractivity contribution in [3.05, 3.63) is 29.6 Å². The molecule has 0 amide bonds. The summed E-state index contributed by atoms with van der Waals surface area (Å²) in [6.45, 7) is 0.224. The van der Waals surface area contributed by atoms with Crippen LogP contribution in [0.1, 0.15) is 12.0 Å². The van der Waals surface area contributed by atoms with Crippen LogP contribution in [0.25, 0.3) is 0 Å². The number of ether oxygens (including phenoxy) is 1. The number of hydrogen-bond acceptors (Lipinski definition) is 3. The summed E-state index contributed by atoms with van der Waals surface area (Å²) < 4.78 is 18.0. The molecule has 70 valence electrons. The predicted octanol–water partition coefficient (Wildman–Crippen LogP) is 1.99. The summed E-state index contributed by atoms with van der Waals surface area (Å²) in [5, 5.41) is 16.7. The van der Waals surface area contributed by atoms with Crippen molar-refractivity contribution in [2.75, 3.05) is 6.61 Å². The predicted molar refractivity (Wildman–Crippen MR) is 46.8 cm³/mol. The molecule has 14 heavy (non-hydrogen) atoms. The molecule has 1 rings (SSSR count). The number of halogens is 1. The van der Waals surface area contributed by atoms with Gasteiger partial charge in [-0.1, -0.05) is 0 Å². The molecule has 0 atom stereocenters. The number of nitrogens with zero attached hydrogens (tertiary/aromatic N) is 2. The van der Waals surface area contributed by atoms with Gasteiger partial charge in [0.1, 0.15) is 24.2 Å². The van der Waals surface area contributed by atoms with E-state index in [4.69, 9.17) is 15.3 Å². The van der Waals surface area contributed by atoms with Crippen molar-refractivity contribution < 1.29 is 9.13 Å². The lowest BCUT2D eigenvalue weighted by Crippen LogP contribution is -1.96. The molecule has 0 saturated carbocycles. The van der Waals surface area contributed by atoms with E-state index in [9.17, 15) is 4.39 Å². The molecule has 0 fully saturated rings. The lowest BCUT2D eigenvalue weighted by molar-refractivity contribution is 0.325. The molecular weight excluding hydrogens is 183 g/mol.